The normalized spacial score (nSPS) is 13.4. The predicted molar refractivity (Wildman–Crippen MR) is 136 cm³/mol. The Morgan fingerprint density at radius 2 is 1.43 bits per heavy atom. The number of amides is 3. The number of carbonyl (C=O) groups excluding carboxylic acids is 3. The van der Waals surface area contributed by atoms with Gasteiger partial charge in [-0.15, -0.1) is 0 Å². The first-order chi connectivity index (χ1) is 16.9. The van der Waals surface area contributed by atoms with Crippen LogP contribution in [0.3, 0.4) is 0 Å². The Balaban J connectivity index is 1.30. The summed E-state index contributed by atoms with van der Waals surface area (Å²) in [6.07, 6.45) is 0.756. The number of halogens is 2. The molecule has 1 aliphatic heterocycles. The van der Waals surface area contributed by atoms with Crippen LogP contribution in [-0.2, 0) is 29.1 Å². The highest BCUT2D eigenvalue weighted by Gasteiger charge is 2.37. The van der Waals surface area contributed by atoms with E-state index >= 15 is 0 Å². The van der Waals surface area contributed by atoms with Crippen LogP contribution in [0.2, 0.25) is 5.02 Å². The quantitative estimate of drug-likeness (QED) is 0.420. The second kappa shape index (κ2) is 11.2. The van der Waals surface area contributed by atoms with E-state index in [1.807, 2.05) is 30.3 Å². The van der Waals surface area contributed by atoms with E-state index in [1.54, 1.807) is 48.5 Å². The van der Waals surface area contributed by atoms with Crippen molar-refractivity contribution in [2.75, 3.05) is 6.54 Å². The monoisotopic (exact) mass is 507 g/mol. The van der Waals surface area contributed by atoms with Crippen LogP contribution < -0.4 is 10.6 Å². The molecule has 3 aromatic rings. The number of hydrogen-bond donors (Lipinski definition) is 2. The Morgan fingerprint density at radius 3 is 2.11 bits per heavy atom. The number of hydrogen-bond acceptors (Lipinski definition) is 4. The van der Waals surface area contributed by atoms with Gasteiger partial charge in [0.25, 0.3) is 17.7 Å². The maximum Gasteiger partial charge on any atom is 0.278 e. The fourth-order valence-corrected chi connectivity index (χ4v) is 4.02. The highest BCUT2D eigenvalue weighted by atomic mass is 35.5. The van der Waals surface area contributed by atoms with Crippen molar-refractivity contribution >= 4 is 40.9 Å². The van der Waals surface area contributed by atoms with Gasteiger partial charge < -0.3 is 10.6 Å². The van der Waals surface area contributed by atoms with Crippen LogP contribution in [0.5, 0.6) is 0 Å². The summed E-state index contributed by atoms with van der Waals surface area (Å²) in [5, 5.41) is 6.31. The van der Waals surface area contributed by atoms with Crippen molar-refractivity contribution in [3.8, 4) is 0 Å². The summed E-state index contributed by atoms with van der Waals surface area (Å²) < 4.78 is 0. The number of nitrogens with zero attached hydrogens (tertiary/aromatic N) is 1. The molecule has 0 spiro atoms. The minimum Gasteiger partial charge on any atom is -0.375 e. The SMILES string of the molecule is O=C(NCCc1ccccc1)c1ccc(CNC2=C(Cl)C(=O)N(Cc3ccc(Cl)cc3)C2=O)cc1. The van der Waals surface area contributed by atoms with E-state index in [1.165, 1.54) is 0 Å². The number of imide groups is 1. The molecule has 6 nitrogen and oxygen atoms in total. The number of rotatable bonds is 9. The Hall–Kier alpha value is -3.61. The number of carbonyl (C=O) groups is 3. The van der Waals surface area contributed by atoms with Gasteiger partial charge >= 0.3 is 0 Å². The standard InChI is InChI=1S/C27H23Cl2N3O3/c28-22-12-8-20(9-13-22)17-32-26(34)23(29)24(27(32)35)31-16-19-6-10-21(11-7-19)25(33)30-15-14-18-4-2-1-3-5-18/h1-13,31H,14-17H2,(H,30,33). The van der Waals surface area contributed by atoms with Crippen molar-refractivity contribution in [1.82, 2.24) is 15.5 Å². The number of nitrogens with one attached hydrogen (secondary N) is 2. The van der Waals surface area contributed by atoms with E-state index < -0.39 is 11.8 Å². The number of benzene rings is 3. The zero-order chi connectivity index (χ0) is 24.8. The van der Waals surface area contributed by atoms with E-state index in [-0.39, 0.29) is 29.7 Å². The summed E-state index contributed by atoms with van der Waals surface area (Å²) in [5.41, 5.74) is 3.36. The van der Waals surface area contributed by atoms with Gasteiger partial charge in [0.2, 0.25) is 0 Å². The average Bonchev–Trinajstić information content (AvgIpc) is 3.07. The molecule has 3 aromatic carbocycles. The zero-order valence-electron chi connectivity index (χ0n) is 18.8. The van der Waals surface area contributed by atoms with Gasteiger partial charge in [-0.3, -0.25) is 19.3 Å². The third-order valence-corrected chi connectivity index (χ3v) is 6.20. The lowest BCUT2D eigenvalue weighted by atomic mass is 10.1. The van der Waals surface area contributed by atoms with Crippen molar-refractivity contribution in [1.29, 1.82) is 0 Å². The fraction of sp³-hybridized carbons (Fsp3) is 0.148. The van der Waals surface area contributed by atoms with Gasteiger partial charge in [-0.25, -0.2) is 0 Å². The van der Waals surface area contributed by atoms with Crippen LogP contribution in [0.1, 0.15) is 27.0 Å². The highest BCUT2D eigenvalue weighted by molar-refractivity contribution is 6.47. The fourth-order valence-electron chi connectivity index (χ4n) is 3.65. The van der Waals surface area contributed by atoms with Crippen molar-refractivity contribution in [3.63, 3.8) is 0 Å². The first-order valence-corrected chi connectivity index (χ1v) is 11.8. The molecule has 35 heavy (non-hydrogen) atoms. The van der Waals surface area contributed by atoms with Gasteiger partial charge in [-0.1, -0.05) is 77.8 Å². The summed E-state index contributed by atoms with van der Waals surface area (Å²) in [5.74, 6) is -1.18. The maximum absolute atomic E-state index is 12.8. The molecule has 8 heteroatoms. The van der Waals surface area contributed by atoms with Crippen molar-refractivity contribution < 1.29 is 14.4 Å². The van der Waals surface area contributed by atoms with Gasteiger partial charge in [-0.2, -0.15) is 0 Å². The van der Waals surface area contributed by atoms with E-state index in [9.17, 15) is 14.4 Å². The average molecular weight is 508 g/mol. The molecule has 0 aliphatic carbocycles. The summed E-state index contributed by atoms with van der Waals surface area (Å²) in [4.78, 5) is 38.8. The van der Waals surface area contributed by atoms with Crippen LogP contribution in [-0.4, -0.2) is 29.2 Å². The van der Waals surface area contributed by atoms with Crippen molar-refractivity contribution in [3.05, 3.63) is 117 Å². The Bertz CT molecular complexity index is 1260. The molecular weight excluding hydrogens is 485 g/mol. The van der Waals surface area contributed by atoms with Gasteiger partial charge in [0, 0.05) is 23.7 Å². The summed E-state index contributed by atoms with van der Waals surface area (Å²) in [6.45, 7) is 0.918. The van der Waals surface area contributed by atoms with Crippen molar-refractivity contribution in [2.45, 2.75) is 19.5 Å². The molecule has 1 aliphatic rings. The second-order valence-corrected chi connectivity index (χ2v) is 8.87. The summed E-state index contributed by atoms with van der Waals surface area (Å²) in [7, 11) is 0. The Kier molecular flexibility index (Phi) is 7.85. The smallest absolute Gasteiger partial charge is 0.278 e. The Morgan fingerprint density at radius 1 is 0.771 bits per heavy atom. The van der Waals surface area contributed by atoms with E-state index in [4.69, 9.17) is 23.2 Å². The second-order valence-electron chi connectivity index (χ2n) is 8.05. The lowest BCUT2D eigenvalue weighted by molar-refractivity contribution is -0.138. The van der Waals surface area contributed by atoms with Crippen LogP contribution in [0.15, 0.2) is 89.6 Å². The summed E-state index contributed by atoms with van der Waals surface area (Å²) >= 11 is 12.1. The van der Waals surface area contributed by atoms with E-state index in [2.05, 4.69) is 10.6 Å². The molecule has 4 rings (SSSR count). The molecule has 0 radical (unpaired) electrons. The molecule has 1 heterocycles. The topological polar surface area (TPSA) is 78.5 Å². The first-order valence-electron chi connectivity index (χ1n) is 11.1. The third kappa shape index (κ3) is 6.10. The van der Waals surface area contributed by atoms with Crippen LogP contribution in [0.25, 0.3) is 0 Å². The molecule has 0 saturated heterocycles. The molecule has 0 atom stereocenters. The molecular formula is C27H23Cl2N3O3. The van der Waals surface area contributed by atoms with Crippen LogP contribution >= 0.6 is 23.2 Å². The van der Waals surface area contributed by atoms with E-state index in [0.29, 0.717) is 17.1 Å². The maximum atomic E-state index is 12.8. The minimum atomic E-state index is -0.545. The molecule has 178 valence electrons. The molecule has 0 bridgehead atoms. The highest BCUT2D eigenvalue weighted by Crippen LogP contribution is 2.25. The lowest BCUT2D eigenvalue weighted by Gasteiger charge is -2.15. The predicted octanol–water partition coefficient (Wildman–Crippen LogP) is 4.42. The molecule has 0 fully saturated rings. The lowest BCUT2D eigenvalue weighted by Crippen LogP contribution is -2.33. The van der Waals surface area contributed by atoms with Crippen molar-refractivity contribution in [2.24, 2.45) is 0 Å². The molecule has 0 aromatic heterocycles. The van der Waals surface area contributed by atoms with Crippen LogP contribution in [0.4, 0.5) is 0 Å². The molecule has 0 unspecified atom stereocenters. The minimum absolute atomic E-state index is 0.0633. The third-order valence-electron chi connectivity index (χ3n) is 5.59. The zero-order valence-corrected chi connectivity index (χ0v) is 20.3. The van der Waals surface area contributed by atoms with Gasteiger partial charge in [-0.05, 0) is 47.4 Å². The molecule has 2 N–H and O–H groups in total. The first kappa shape index (κ1) is 24.5. The van der Waals surface area contributed by atoms with E-state index in [0.717, 1.165) is 28.0 Å². The largest absolute Gasteiger partial charge is 0.375 e. The van der Waals surface area contributed by atoms with Crippen LogP contribution in [0, 0.1) is 0 Å². The van der Waals surface area contributed by atoms with Gasteiger partial charge in [0.05, 0.1) is 6.54 Å². The molecule has 0 saturated carbocycles. The van der Waals surface area contributed by atoms with Gasteiger partial charge in [0.1, 0.15) is 10.7 Å². The molecule has 3 amide bonds. The Labute approximate surface area is 213 Å². The van der Waals surface area contributed by atoms with Gasteiger partial charge in [0.15, 0.2) is 0 Å². The summed E-state index contributed by atoms with van der Waals surface area (Å²) in [6, 6.07) is 23.9.